The summed E-state index contributed by atoms with van der Waals surface area (Å²) in [6, 6.07) is 15.8. The normalized spacial score (nSPS) is 25.2. The lowest BCUT2D eigenvalue weighted by atomic mass is 9.68. The fourth-order valence-corrected chi connectivity index (χ4v) is 11.6. The van der Waals surface area contributed by atoms with Gasteiger partial charge >= 0.3 is 17.0 Å². The van der Waals surface area contributed by atoms with Crippen LogP contribution in [0.4, 0.5) is 24.5 Å². The number of hydrogen-bond donors (Lipinski definition) is 2. The van der Waals surface area contributed by atoms with Gasteiger partial charge in [-0.15, -0.1) is 11.8 Å². The van der Waals surface area contributed by atoms with E-state index >= 15 is 0 Å². The van der Waals surface area contributed by atoms with Gasteiger partial charge in [-0.05, 0) is 91.3 Å². The molecule has 3 amide bonds. The van der Waals surface area contributed by atoms with Gasteiger partial charge in [0.25, 0.3) is 5.91 Å². The van der Waals surface area contributed by atoms with Crippen molar-refractivity contribution >= 4 is 58.2 Å². The summed E-state index contributed by atoms with van der Waals surface area (Å²) in [6.07, 6.45) is -4.04. The van der Waals surface area contributed by atoms with E-state index in [4.69, 9.17) is 14.2 Å². The highest BCUT2D eigenvalue weighted by Gasteiger charge is 2.69. The SMILES string of the molecule is CCOC(=O)c1ccc(NC(=O)COc2ccc([C@H]3c4sc(=O)[nH]c4SC4C5CC(C6C(=O)N(c7cccc(C(F)(F)F)c7)C(=O)C56)C43)cc2OC)cc1. The molecular weight excluding hydrogens is 748 g/mol. The zero-order valence-corrected chi connectivity index (χ0v) is 30.3. The quantitative estimate of drug-likeness (QED) is 0.147. The summed E-state index contributed by atoms with van der Waals surface area (Å²) < 4.78 is 57.2. The molecule has 3 fully saturated rings. The predicted molar refractivity (Wildman–Crippen MR) is 192 cm³/mol. The molecule has 3 aromatic carbocycles. The minimum atomic E-state index is -4.64. The topological polar surface area (TPSA) is 144 Å². The maximum Gasteiger partial charge on any atom is 0.416 e. The van der Waals surface area contributed by atoms with Crippen LogP contribution in [0.1, 0.15) is 45.6 Å². The second-order valence-corrected chi connectivity index (χ2v) is 15.8. The number of fused-ring (bicyclic) bond motifs is 9. The third-order valence-electron chi connectivity index (χ3n) is 10.7. The summed E-state index contributed by atoms with van der Waals surface area (Å²) in [6.45, 7) is 1.60. The van der Waals surface area contributed by atoms with Gasteiger partial charge in [-0.1, -0.05) is 23.5 Å². The van der Waals surface area contributed by atoms with E-state index in [1.807, 2.05) is 6.07 Å². The highest BCUT2D eigenvalue weighted by atomic mass is 32.2. The molecule has 8 rings (SSSR count). The van der Waals surface area contributed by atoms with Gasteiger partial charge in [-0.25, -0.2) is 4.79 Å². The van der Waals surface area contributed by atoms with E-state index < -0.39 is 47.3 Å². The average molecular weight is 780 g/mol. The van der Waals surface area contributed by atoms with Gasteiger partial charge in [-0.3, -0.25) is 24.1 Å². The molecule has 54 heavy (non-hydrogen) atoms. The summed E-state index contributed by atoms with van der Waals surface area (Å²) in [5.41, 5.74) is 0.558. The second-order valence-electron chi connectivity index (χ2n) is 13.6. The molecule has 11 nitrogen and oxygen atoms in total. The number of halogens is 3. The Hall–Kier alpha value is -5.09. The lowest BCUT2D eigenvalue weighted by Crippen LogP contribution is -2.42. The van der Waals surface area contributed by atoms with Crippen molar-refractivity contribution in [1.82, 2.24) is 4.98 Å². The van der Waals surface area contributed by atoms with E-state index in [1.54, 1.807) is 43.3 Å². The zero-order valence-electron chi connectivity index (χ0n) is 28.7. The van der Waals surface area contributed by atoms with E-state index in [1.165, 1.54) is 31.0 Å². The number of aromatic amines is 1. The molecule has 0 radical (unpaired) electrons. The van der Waals surface area contributed by atoms with Crippen molar-refractivity contribution in [2.24, 2.45) is 29.6 Å². The molecule has 2 aliphatic heterocycles. The van der Waals surface area contributed by atoms with Crippen LogP contribution < -0.4 is 24.6 Å². The molecule has 16 heteroatoms. The Balaban J connectivity index is 1.04. The van der Waals surface area contributed by atoms with Gasteiger partial charge in [0.15, 0.2) is 18.1 Å². The number of alkyl halides is 3. The number of rotatable bonds is 9. The van der Waals surface area contributed by atoms with Gasteiger partial charge < -0.3 is 24.5 Å². The van der Waals surface area contributed by atoms with Crippen LogP contribution in [0.2, 0.25) is 0 Å². The van der Waals surface area contributed by atoms with Crippen LogP contribution in [0, 0.1) is 29.6 Å². The number of thiazole rings is 1. The summed E-state index contributed by atoms with van der Waals surface area (Å²) in [7, 11) is 1.46. The van der Waals surface area contributed by atoms with Crippen molar-refractivity contribution < 1.29 is 46.6 Å². The second kappa shape index (κ2) is 13.6. The Morgan fingerprint density at radius 1 is 0.963 bits per heavy atom. The Bertz CT molecular complexity index is 2240. The fourth-order valence-electron chi connectivity index (χ4n) is 8.71. The third-order valence-corrected chi connectivity index (χ3v) is 13.3. The minimum Gasteiger partial charge on any atom is -0.493 e. The standard InChI is InChI=1S/C38H32F3N3O8S2/c1-3-51-36(48)17-7-10-20(11-8-17)42-26(45)16-52-24-12-9-18(13-25(24)50-2)27-28-22-15-23(31(28)53-33-32(27)54-37(49)43-33)30-29(22)34(46)44(35(30)47)21-6-4-5-19(14-21)38(39,40)41/h4-14,22-23,27-31H,3,15-16H2,1-2H3,(H,42,45)(H,43,49)/t22?,23?,27-,28?,29?,30?,31?/m1/s1. The summed E-state index contributed by atoms with van der Waals surface area (Å²) >= 11 is 2.58. The molecule has 280 valence electrons. The number of imide groups is 1. The smallest absolute Gasteiger partial charge is 0.416 e. The lowest BCUT2D eigenvalue weighted by Gasteiger charge is -2.43. The summed E-state index contributed by atoms with van der Waals surface area (Å²) in [5.74, 6) is -3.69. The van der Waals surface area contributed by atoms with Crippen LogP contribution >= 0.6 is 23.1 Å². The first-order valence-electron chi connectivity index (χ1n) is 17.2. The Kier molecular flexibility index (Phi) is 9.07. The van der Waals surface area contributed by atoms with Crippen molar-refractivity contribution in [3.05, 3.63) is 98.0 Å². The number of carbonyl (C=O) groups excluding carboxylic acids is 4. The summed E-state index contributed by atoms with van der Waals surface area (Å²) in [5, 5.41) is 3.27. The Morgan fingerprint density at radius 2 is 1.70 bits per heavy atom. The largest absolute Gasteiger partial charge is 0.493 e. The fraction of sp³-hybridized carbons (Fsp3) is 0.342. The van der Waals surface area contributed by atoms with Crippen LogP contribution in [0.5, 0.6) is 11.5 Å². The number of ether oxygens (including phenoxy) is 3. The molecule has 3 heterocycles. The highest BCUT2D eigenvalue weighted by Crippen LogP contribution is 2.69. The monoisotopic (exact) mass is 779 g/mol. The summed E-state index contributed by atoms with van der Waals surface area (Å²) in [4.78, 5) is 69.8. The first-order valence-corrected chi connectivity index (χ1v) is 18.9. The van der Waals surface area contributed by atoms with Gasteiger partial charge in [0.1, 0.15) is 0 Å². The van der Waals surface area contributed by atoms with E-state index in [0.29, 0.717) is 34.2 Å². The molecule has 6 unspecified atom stereocenters. The number of carbonyl (C=O) groups is 4. The van der Waals surface area contributed by atoms with Crippen molar-refractivity contribution in [2.45, 2.75) is 35.7 Å². The predicted octanol–water partition coefficient (Wildman–Crippen LogP) is 6.34. The van der Waals surface area contributed by atoms with E-state index in [2.05, 4.69) is 10.3 Å². The minimum absolute atomic E-state index is 0.0925. The molecular formula is C38H32F3N3O8S2. The molecule has 7 atom stereocenters. The van der Waals surface area contributed by atoms with Crippen molar-refractivity contribution in [2.75, 3.05) is 30.5 Å². The third kappa shape index (κ3) is 6.04. The molecule has 1 saturated heterocycles. The first-order chi connectivity index (χ1) is 25.9. The molecule has 2 N–H and O–H groups in total. The van der Waals surface area contributed by atoms with Crippen molar-refractivity contribution in [1.29, 1.82) is 0 Å². The number of amides is 3. The van der Waals surface area contributed by atoms with E-state index in [9.17, 15) is 37.1 Å². The molecule has 0 spiro atoms. The molecule has 2 saturated carbocycles. The number of aromatic nitrogens is 1. The number of hydrogen-bond acceptors (Lipinski definition) is 10. The van der Waals surface area contributed by atoms with Gasteiger partial charge in [0, 0.05) is 21.7 Å². The zero-order chi connectivity index (χ0) is 38.1. The van der Waals surface area contributed by atoms with Crippen molar-refractivity contribution in [3.8, 4) is 11.5 Å². The van der Waals surface area contributed by atoms with Crippen molar-refractivity contribution in [3.63, 3.8) is 0 Å². The van der Waals surface area contributed by atoms with Crippen LogP contribution in [-0.4, -0.2) is 54.2 Å². The van der Waals surface area contributed by atoms with Crippen LogP contribution in [0.3, 0.4) is 0 Å². The Labute approximate surface area is 314 Å². The molecule has 4 aliphatic rings. The number of esters is 1. The number of anilines is 2. The number of thioether (sulfide) groups is 1. The van der Waals surface area contributed by atoms with E-state index in [-0.39, 0.29) is 52.7 Å². The molecule has 2 aliphatic carbocycles. The van der Waals surface area contributed by atoms with Crippen LogP contribution in [-0.2, 0) is 25.3 Å². The van der Waals surface area contributed by atoms with E-state index in [0.717, 1.165) is 38.8 Å². The number of H-pyrrole nitrogens is 1. The van der Waals surface area contributed by atoms with Crippen LogP contribution in [0.25, 0.3) is 0 Å². The van der Waals surface area contributed by atoms with Gasteiger partial charge in [0.05, 0.1) is 47.4 Å². The van der Waals surface area contributed by atoms with Gasteiger partial charge in [-0.2, -0.15) is 13.2 Å². The maximum atomic E-state index is 14.0. The number of nitrogens with one attached hydrogen (secondary N) is 2. The Morgan fingerprint density at radius 3 is 2.41 bits per heavy atom. The molecule has 1 aromatic heterocycles. The van der Waals surface area contributed by atoms with Gasteiger partial charge in [0.2, 0.25) is 11.8 Å². The average Bonchev–Trinajstić information content (AvgIpc) is 3.89. The number of nitrogens with zero attached hydrogens (tertiary/aromatic N) is 1. The molecule has 2 bridgehead atoms. The lowest BCUT2D eigenvalue weighted by molar-refractivity contribution is -0.137. The highest BCUT2D eigenvalue weighted by molar-refractivity contribution is 8.00. The first kappa shape index (κ1) is 35.9. The van der Waals surface area contributed by atoms with Crippen LogP contribution in [0.15, 0.2) is 76.6 Å². The molecule has 4 aromatic rings. The maximum absolute atomic E-state index is 14.0. The number of methoxy groups -OCH3 is 1. The number of benzene rings is 3.